The van der Waals surface area contributed by atoms with Crippen LogP contribution in [0.3, 0.4) is 0 Å². The van der Waals surface area contributed by atoms with Gasteiger partial charge in [0.25, 0.3) is 0 Å². The van der Waals surface area contributed by atoms with Crippen LogP contribution in [-0.4, -0.2) is 15.6 Å². The van der Waals surface area contributed by atoms with Crippen molar-refractivity contribution in [2.75, 3.05) is 5.32 Å². The number of Topliss-reactive ketones (excluding diaryl/α,β-unsaturated/α-hetero) is 1. The maximum atomic E-state index is 13.7. The van der Waals surface area contributed by atoms with Crippen molar-refractivity contribution in [3.63, 3.8) is 0 Å². The lowest BCUT2D eigenvalue weighted by molar-refractivity contribution is -0.118. The second-order valence-electron chi connectivity index (χ2n) is 10.2. The Kier molecular flexibility index (Phi) is 5.15. The van der Waals surface area contributed by atoms with Crippen molar-refractivity contribution < 1.29 is 4.79 Å². The quantitative estimate of drug-likeness (QED) is 0.333. The zero-order valence-electron chi connectivity index (χ0n) is 19.8. The molecule has 2 heterocycles. The number of benzene rings is 3. The Labute approximate surface area is 210 Å². The summed E-state index contributed by atoms with van der Waals surface area (Å²) in [5.41, 5.74) is 6.67. The van der Waals surface area contributed by atoms with Crippen LogP contribution in [-0.2, 0) is 4.79 Å². The molecule has 6 rings (SSSR count). The third-order valence-electron chi connectivity index (χ3n) is 6.94. The molecule has 1 aliphatic carbocycles. The number of nitrogens with one attached hydrogen (secondary N) is 1. The van der Waals surface area contributed by atoms with Crippen LogP contribution in [0.4, 0.5) is 5.82 Å². The Bertz CT molecular complexity index is 1450. The van der Waals surface area contributed by atoms with Crippen LogP contribution < -0.4 is 5.32 Å². The van der Waals surface area contributed by atoms with Crippen LogP contribution in [0.5, 0.6) is 0 Å². The van der Waals surface area contributed by atoms with Gasteiger partial charge in [0.1, 0.15) is 5.82 Å². The fourth-order valence-electron chi connectivity index (χ4n) is 5.45. The fourth-order valence-corrected chi connectivity index (χ4v) is 5.57. The topological polar surface area (TPSA) is 46.9 Å². The van der Waals surface area contributed by atoms with Crippen molar-refractivity contribution in [1.29, 1.82) is 0 Å². The second-order valence-corrected chi connectivity index (χ2v) is 10.6. The van der Waals surface area contributed by atoms with Gasteiger partial charge in [-0.2, -0.15) is 5.10 Å². The Morgan fingerprint density at radius 1 is 0.914 bits per heavy atom. The molecule has 0 fully saturated rings. The van der Waals surface area contributed by atoms with E-state index < -0.39 is 0 Å². The van der Waals surface area contributed by atoms with Gasteiger partial charge in [0.05, 0.1) is 11.4 Å². The number of allylic oxidation sites excluding steroid dienone is 2. The van der Waals surface area contributed by atoms with Crippen LogP contribution in [0.1, 0.15) is 43.7 Å². The predicted molar refractivity (Wildman–Crippen MR) is 141 cm³/mol. The SMILES string of the molecule is CC1(C)CC(=O)C2=C(C1)Nc1c(c(-c3ccccc3)nn1-c1ccccc1)C2c1ccc(Cl)cc1. The Balaban J connectivity index is 1.67. The van der Waals surface area contributed by atoms with Gasteiger partial charge in [0, 0.05) is 39.8 Å². The molecule has 3 aromatic carbocycles. The summed E-state index contributed by atoms with van der Waals surface area (Å²) in [5.74, 6) is 0.884. The van der Waals surface area contributed by atoms with Crippen molar-refractivity contribution in [1.82, 2.24) is 9.78 Å². The molecule has 2 aliphatic rings. The first kappa shape index (κ1) is 21.9. The summed E-state index contributed by atoms with van der Waals surface area (Å²) >= 11 is 6.26. The molecule has 0 bridgehead atoms. The summed E-state index contributed by atoms with van der Waals surface area (Å²) in [6, 6.07) is 28.2. The monoisotopic (exact) mass is 479 g/mol. The van der Waals surface area contributed by atoms with E-state index in [4.69, 9.17) is 16.7 Å². The van der Waals surface area contributed by atoms with E-state index in [1.807, 2.05) is 65.3 Å². The highest BCUT2D eigenvalue weighted by molar-refractivity contribution is 6.30. The third-order valence-corrected chi connectivity index (χ3v) is 7.19. The van der Waals surface area contributed by atoms with Gasteiger partial charge >= 0.3 is 0 Å². The van der Waals surface area contributed by atoms with E-state index in [-0.39, 0.29) is 17.1 Å². The van der Waals surface area contributed by atoms with E-state index in [0.717, 1.165) is 51.6 Å². The molecule has 0 saturated heterocycles. The van der Waals surface area contributed by atoms with Gasteiger partial charge in [-0.05, 0) is 41.7 Å². The number of rotatable bonds is 3. The lowest BCUT2D eigenvalue weighted by Gasteiger charge is -2.38. The Morgan fingerprint density at radius 2 is 1.57 bits per heavy atom. The molecule has 1 unspecified atom stereocenters. The Morgan fingerprint density at radius 3 is 2.26 bits per heavy atom. The normalized spacial score (nSPS) is 18.6. The van der Waals surface area contributed by atoms with E-state index in [1.54, 1.807) is 0 Å². The number of nitrogens with zero attached hydrogens (tertiary/aromatic N) is 2. The number of hydrogen-bond donors (Lipinski definition) is 1. The molecular weight excluding hydrogens is 454 g/mol. The highest BCUT2D eigenvalue weighted by Crippen LogP contribution is 2.52. The van der Waals surface area contributed by atoms with E-state index in [0.29, 0.717) is 11.4 Å². The molecule has 1 atom stereocenters. The maximum absolute atomic E-state index is 13.7. The van der Waals surface area contributed by atoms with Crippen LogP contribution in [0.25, 0.3) is 16.9 Å². The first-order valence-electron chi connectivity index (χ1n) is 11.9. The summed E-state index contributed by atoms with van der Waals surface area (Å²) in [4.78, 5) is 13.7. The molecule has 174 valence electrons. The largest absolute Gasteiger partial charge is 0.343 e. The average molecular weight is 480 g/mol. The van der Waals surface area contributed by atoms with E-state index in [9.17, 15) is 4.79 Å². The number of anilines is 1. The summed E-state index contributed by atoms with van der Waals surface area (Å²) < 4.78 is 1.98. The van der Waals surface area contributed by atoms with Crippen molar-refractivity contribution in [2.24, 2.45) is 5.41 Å². The van der Waals surface area contributed by atoms with Gasteiger partial charge < -0.3 is 5.32 Å². The molecule has 4 aromatic rings. The molecule has 1 aromatic heterocycles. The van der Waals surface area contributed by atoms with Crippen LogP contribution in [0.15, 0.2) is 96.2 Å². The van der Waals surface area contributed by atoms with Gasteiger partial charge in [-0.25, -0.2) is 4.68 Å². The number of halogens is 1. The molecule has 1 N–H and O–H groups in total. The summed E-state index contributed by atoms with van der Waals surface area (Å²) in [6.45, 7) is 4.32. The lowest BCUT2D eigenvalue weighted by atomic mass is 9.69. The van der Waals surface area contributed by atoms with Crippen LogP contribution in [0.2, 0.25) is 5.02 Å². The number of carbonyl (C=O) groups excluding carboxylic acids is 1. The zero-order chi connectivity index (χ0) is 24.2. The molecule has 4 nitrogen and oxygen atoms in total. The summed E-state index contributed by atoms with van der Waals surface area (Å²) in [6.07, 6.45) is 1.33. The minimum absolute atomic E-state index is 0.106. The first-order chi connectivity index (χ1) is 16.9. The summed E-state index contributed by atoms with van der Waals surface area (Å²) in [7, 11) is 0. The van der Waals surface area contributed by atoms with Gasteiger partial charge in [-0.3, -0.25) is 4.79 Å². The molecule has 0 radical (unpaired) electrons. The molecular formula is C30H26ClN3O. The average Bonchev–Trinajstić information content (AvgIpc) is 3.23. The van der Waals surface area contributed by atoms with Gasteiger partial charge in [0.15, 0.2) is 5.78 Å². The minimum atomic E-state index is -0.227. The highest BCUT2D eigenvalue weighted by atomic mass is 35.5. The number of carbonyl (C=O) groups is 1. The highest BCUT2D eigenvalue weighted by Gasteiger charge is 2.43. The first-order valence-corrected chi connectivity index (χ1v) is 12.3. The number of fused-ring (bicyclic) bond motifs is 1. The van der Waals surface area contributed by atoms with Crippen molar-refractivity contribution in [3.8, 4) is 16.9 Å². The van der Waals surface area contributed by atoms with Gasteiger partial charge in [-0.1, -0.05) is 86.1 Å². The number of hydrogen-bond acceptors (Lipinski definition) is 3. The maximum Gasteiger partial charge on any atom is 0.162 e. The van der Waals surface area contributed by atoms with Crippen molar-refractivity contribution >= 4 is 23.2 Å². The number of para-hydroxylation sites is 1. The number of aromatic nitrogens is 2. The smallest absolute Gasteiger partial charge is 0.162 e. The lowest BCUT2D eigenvalue weighted by Crippen LogP contribution is -2.34. The molecule has 1 aliphatic heterocycles. The molecule has 0 amide bonds. The van der Waals surface area contributed by atoms with Crippen molar-refractivity contribution in [2.45, 2.75) is 32.6 Å². The van der Waals surface area contributed by atoms with E-state index in [1.165, 1.54) is 0 Å². The van der Waals surface area contributed by atoms with Gasteiger partial charge in [-0.15, -0.1) is 0 Å². The van der Waals surface area contributed by atoms with E-state index >= 15 is 0 Å². The summed E-state index contributed by atoms with van der Waals surface area (Å²) in [5, 5.41) is 9.50. The molecule has 5 heteroatoms. The number of ketones is 1. The van der Waals surface area contributed by atoms with Gasteiger partial charge in [0.2, 0.25) is 0 Å². The predicted octanol–water partition coefficient (Wildman–Crippen LogP) is 7.39. The van der Waals surface area contributed by atoms with E-state index in [2.05, 4.69) is 43.4 Å². The Hall–Kier alpha value is -3.63. The minimum Gasteiger partial charge on any atom is -0.343 e. The van der Waals surface area contributed by atoms with Crippen molar-refractivity contribution in [3.05, 3.63) is 112 Å². The van der Waals surface area contributed by atoms with Crippen LogP contribution in [0, 0.1) is 5.41 Å². The molecule has 0 spiro atoms. The molecule has 0 saturated carbocycles. The zero-order valence-corrected chi connectivity index (χ0v) is 20.5. The third kappa shape index (κ3) is 3.78. The second kappa shape index (κ2) is 8.24. The fraction of sp³-hybridized carbons (Fsp3) is 0.200. The molecule has 35 heavy (non-hydrogen) atoms. The van der Waals surface area contributed by atoms with Crippen LogP contribution >= 0.6 is 11.6 Å². The standard InChI is InChI=1S/C30H26ClN3O/c1-30(2)17-23-26(24(35)18-30)25(19-13-15-21(31)16-14-19)27-28(20-9-5-3-6-10-20)33-34(29(27)32-23)22-11-7-4-8-12-22/h3-16,25,32H,17-18H2,1-2H3.